The molecular formula is C17H20O3S. The minimum absolute atomic E-state index is 0.0659. The summed E-state index contributed by atoms with van der Waals surface area (Å²) in [6.07, 6.45) is 0. The summed E-state index contributed by atoms with van der Waals surface area (Å²) in [7, 11) is -1.69. The predicted octanol–water partition coefficient (Wildman–Crippen LogP) is 3.58. The molecule has 2 aromatic carbocycles. The van der Waals surface area contributed by atoms with Crippen molar-refractivity contribution >= 4 is 9.84 Å². The molecular weight excluding hydrogens is 284 g/mol. The first-order valence-corrected chi connectivity index (χ1v) is 8.51. The number of ether oxygens (including phenoxy) is 1. The van der Waals surface area contributed by atoms with Gasteiger partial charge in [0.1, 0.15) is 5.75 Å². The Balaban J connectivity index is 2.28. The van der Waals surface area contributed by atoms with Crippen molar-refractivity contribution in [1.82, 2.24) is 0 Å². The molecule has 0 radical (unpaired) electrons. The van der Waals surface area contributed by atoms with Gasteiger partial charge < -0.3 is 4.74 Å². The maximum Gasteiger partial charge on any atom is 0.178 e. The van der Waals surface area contributed by atoms with Crippen LogP contribution in [-0.4, -0.2) is 21.3 Å². The van der Waals surface area contributed by atoms with Crippen LogP contribution >= 0.6 is 0 Å². The first-order valence-electron chi connectivity index (χ1n) is 6.86. The summed E-state index contributed by atoms with van der Waals surface area (Å²) in [6.45, 7) is 3.89. The van der Waals surface area contributed by atoms with E-state index in [1.54, 1.807) is 31.4 Å². The lowest BCUT2D eigenvalue weighted by molar-refractivity contribution is 0.407. The number of sulfone groups is 1. The average Bonchev–Trinajstić information content (AvgIpc) is 2.47. The Morgan fingerprint density at radius 3 is 2.38 bits per heavy atom. The lowest BCUT2D eigenvalue weighted by Crippen LogP contribution is -2.13. The van der Waals surface area contributed by atoms with E-state index in [1.165, 1.54) is 0 Å². The predicted molar refractivity (Wildman–Crippen MR) is 84.6 cm³/mol. The van der Waals surface area contributed by atoms with E-state index >= 15 is 0 Å². The molecule has 0 saturated heterocycles. The fourth-order valence-corrected chi connectivity index (χ4v) is 3.97. The third kappa shape index (κ3) is 3.64. The molecule has 2 aromatic rings. The fraction of sp³-hybridized carbons (Fsp3) is 0.294. The molecule has 0 aliphatic rings. The third-order valence-electron chi connectivity index (χ3n) is 3.49. The Morgan fingerprint density at radius 2 is 1.76 bits per heavy atom. The second-order valence-electron chi connectivity index (χ2n) is 5.24. The number of aryl methyl sites for hydroxylation is 1. The van der Waals surface area contributed by atoms with Crippen molar-refractivity contribution in [3.8, 4) is 5.75 Å². The van der Waals surface area contributed by atoms with E-state index in [1.807, 2.05) is 38.1 Å². The number of hydrogen-bond acceptors (Lipinski definition) is 3. The largest absolute Gasteiger partial charge is 0.496 e. The summed E-state index contributed by atoms with van der Waals surface area (Å²) in [5, 5.41) is 0. The molecule has 0 aromatic heterocycles. The van der Waals surface area contributed by atoms with Crippen LogP contribution in [0.4, 0.5) is 0 Å². The van der Waals surface area contributed by atoms with Gasteiger partial charge >= 0.3 is 0 Å². The maximum absolute atomic E-state index is 12.4. The van der Waals surface area contributed by atoms with E-state index in [-0.39, 0.29) is 11.7 Å². The number of hydrogen-bond donors (Lipinski definition) is 0. The molecule has 2 rings (SSSR count). The van der Waals surface area contributed by atoms with Crippen LogP contribution in [0.2, 0.25) is 0 Å². The van der Waals surface area contributed by atoms with Crippen molar-refractivity contribution in [2.24, 2.45) is 0 Å². The quantitative estimate of drug-likeness (QED) is 0.848. The Bertz CT molecular complexity index is 706. The Hall–Kier alpha value is -1.81. The summed E-state index contributed by atoms with van der Waals surface area (Å²) >= 11 is 0. The van der Waals surface area contributed by atoms with Gasteiger partial charge in [-0.1, -0.05) is 37.3 Å². The van der Waals surface area contributed by atoms with Crippen molar-refractivity contribution in [1.29, 1.82) is 0 Å². The van der Waals surface area contributed by atoms with Crippen LogP contribution in [0.5, 0.6) is 5.75 Å². The van der Waals surface area contributed by atoms with Crippen LogP contribution in [-0.2, 0) is 9.84 Å². The highest BCUT2D eigenvalue weighted by Crippen LogP contribution is 2.29. The molecule has 0 aliphatic carbocycles. The van der Waals surface area contributed by atoms with Gasteiger partial charge in [0.2, 0.25) is 0 Å². The van der Waals surface area contributed by atoms with Crippen LogP contribution in [0.25, 0.3) is 0 Å². The van der Waals surface area contributed by atoms with Crippen LogP contribution in [0.15, 0.2) is 53.4 Å². The van der Waals surface area contributed by atoms with E-state index in [0.717, 1.165) is 16.9 Å². The third-order valence-corrected chi connectivity index (χ3v) is 5.42. The van der Waals surface area contributed by atoms with E-state index < -0.39 is 9.84 Å². The first kappa shape index (κ1) is 15.6. The van der Waals surface area contributed by atoms with E-state index in [4.69, 9.17) is 4.74 Å². The highest BCUT2D eigenvalue weighted by molar-refractivity contribution is 7.91. The van der Waals surface area contributed by atoms with Crippen LogP contribution in [0.3, 0.4) is 0 Å². The number of methoxy groups -OCH3 is 1. The van der Waals surface area contributed by atoms with E-state index in [2.05, 4.69) is 0 Å². The lowest BCUT2D eigenvalue weighted by Gasteiger charge is -2.16. The van der Waals surface area contributed by atoms with Crippen LogP contribution in [0, 0.1) is 6.92 Å². The zero-order valence-corrected chi connectivity index (χ0v) is 13.4. The zero-order chi connectivity index (χ0) is 15.5. The molecule has 0 unspecified atom stereocenters. The molecule has 0 amide bonds. The summed E-state index contributed by atoms with van der Waals surface area (Å²) in [5.74, 6) is 0.674. The van der Waals surface area contributed by atoms with Crippen molar-refractivity contribution in [3.05, 3.63) is 59.7 Å². The second-order valence-corrected chi connectivity index (χ2v) is 7.28. The van der Waals surface area contributed by atoms with Crippen molar-refractivity contribution in [2.45, 2.75) is 24.7 Å². The van der Waals surface area contributed by atoms with Gasteiger partial charge in [-0.3, -0.25) is 0 Å². The molecule has 0 heterocycles. The molecule has 21 heavy (non-hydrogen) atoms. The molecule has 0 bridgehead atoms. The Labute approximate surface area is 126 Å². The average molecular weight is 304 g/mol. The van der Waals surface area contributed by atoms with Gasteiger partial charge in [0.05, 0.1) is 17.8 Å². The lowest BCUT2D eigenvalue weighted by atomic mass is 10.0. The van der Waals surface area contributed by atoms with Gasteiger partial charge in [-0.05, 0) is 42.2 Å². The number of rotatable bonds is 5. The highest BCUT2D eigenvalue weighted by atomic mass is 32.2. The molecule has 1 atom stereocenters. The summed E-state index contributed by atoms with van der Waals surface area (Å²) in [5.41, 5.74) is 2.01. The molecule has 0 spiro atoms. The smallest absolute Gasteiger partial charge is 0.178 e. The molecule has 4 heteroatoms. The van der Waals surface area contributed by atoms with Crippen molar-refractivity contribution < 1.29 is 13.2 Å². The monoisotopic (exact) mass is 304 g/mol. The van der Waals surface area contributed by atoms with Gasteiger partial charge in [-0.2, -0.15) is 0 Å². The SMILES string of the molecule is COc1cc(C)ccc1[C@H](C)CS(=O)(=O)c1ccccc1. The van der Waals surface area contributed by atoms with Crippen molar-refractivity contribution in [3.63, 3.8) is 0 Å². The normalized spacial score (nSPS) is 12.9. The standard InChI is InChI=1S/C17H20O3S/c1-13-9-10-16(17(11-13)20-3)14(2)12-21(18,19)15-7-5-4-6-8-15/h4-11,14H,12H2,1-3H3/t14-/m1/s1. The molecule has 0 fully saturated rings. The van der Waals surface area contributed by atoms with E-state index in [9.17, 15) is 8.42 Å². The first-order chi connectivity index (χ1) is 9.94. The molecule has 112 valence electrons. The molecule has 0 aliphatic heterocycles. The summed E-state index contributed by atoms with van der Waals surface area (Å²) < 4.78 is 30.3. The van der Waals surface area contributed by atoms with E-state index in [0.29, 0.717) is 4.90 Å². The van der Waals surface area contributed by atoms with Crippen LogP contribution < -0.4 is 4.74 Å². The second kappa shape index (κ2) is 6.31. The van der Waals surface area contributed by atoms with Gasteiger partial charge in [-0.25, -0.2) is 8.42 Å². The molecule has 3 nitrogen and oxygen atoms in total. The van der Waals surface area contributed by atoms with Gasteiger partial charge in [-0.15, -0.1) is 0 Å². The summed E-state index contributed by atoms with van der Waals surface area (Å²) in [4.78, 5) is 0.364. The van der Waals surface area contributed by atoms with Crippen molar-refractivity contribution in [2.75, 3.05) is 12.9 Å². The molecule has 0 N–H and O–H groups in total. The maximum atomic E-state index is 12.4. The highest BCUT2D eigenvalue weighted by Gasteiger charge is 2.21. The fourth-order valence-electron chi connectivity index (χ4n) is 2.37. The summed E-state index contributed by atoms with van der Waals surface area (Å²) in [6, 6.07) is 14.4. The Morgan fingerprint density at radius 1 is 1.10 bits per heavy atom. The van der Waals surface area contributed by atoms with Gasteiger partial charge in [0, 0.05) is 0 Å². The minimum Gasteiger partial charge on any atom is -0.496 e. The molecule has 0 saturated carbocycles. The topological polar surface area (TPSA) is 43.4 Å². The zero-order valence-electron chi connectivity index (χ0n) is 12.5. The minimum atomic E-state index is -3.30. The Kier molecular flexibility index (Phi) is 4.68. The number of benzene rings is 2. The van der Waals surface area contributed by atoms with Gasteiger partial charge in [0.25, 0.3) is 0 Å². The van der Waals surface area contributed by atoms with Crippen LogP contribution in [0.1, 0.15) is 24.0 Å². The van der Waals surface area contributed by atoms with Gasteiger partial charge in [0.15, 0.2) is 9.84 Å².